The first-order valence-electron chi connectivity index (χ1n) is 6.49. The number of nitriles is 1. The Labute approximate surface area is 112 Å². The summed E-state index contributed by atoms with van der Waals surface area (Å²) >= 11 is 1.74. The molecule has 2 fully saturated rings. The van der Waals surface area contributed by atoms with Gasteiger partial charge in [0.1, 0.15) is 4.75 Å². The van der Waals surface area contributed by atoms with E-state index in [0.717, 1.165) is 38.9 Å². The molecule has 1 aromatic carbocycles. The maximum atomic E-state index is 9.51. The van der Waals surface area contributed by atoms with Crippen molar-refractivity contribution >= 4 is 11.8 Å². The molecule has 3 rings (SSSR count). The molecule has 0 aromatic heterocycles. The molecule has 1 spiro atoms. The standard InChI is InChI=1S/C15H17NOS/c16-12-15(18-13-4-2-1-3-5-13)10-14(11-15)6-8-17-9-7-14/h1-5H,6-11H2. The van der Waals surface area contributed by atoms with Gasteiger partial charge in [-0.1, -0.05) is 18.2 Å². The fourth-order valence-electron chi connectivity index (χ4n) is 3.21. The van der Waals surface area contributed by atoms with E-state index in [1.807, 2.05) is 18.2 Å². The lowest BCUT2D eigenvalue weighted by atomic mass is 9.58. The number of rotatable bonds is 2. The van der Waals surface area contributed by atoms with Crippen LogP contribution in [0.2, 0.25) is 0 Å². The van der Waals surface area contributed by atoms with Gasteiger partial charge in [-0.3, -0.25) is 0 Å². The third kappa shape index (κ3) is 2.15. The van der Waals surface area contributed by atoms with Crippen LogP contribution in [-0.4, -0.2) is 18.0 Å². The second-order valence-corrected chi connectivity index (χ2v) is 6.94. The molecule has 1 heterocycles. The third-order valence-electron chi connectivity index (χ3n) is 4.13. The molecule has 3 heteroatoms. The number of thioether (sulfide) groups is 1. The number of hydrogen-bond donors (Lipinski definition) is 0. The summed E-state index contributed by atoms with van der Waals surface area (Å²) < 4.78 is 5.24. The van der Waals surface area contributed by atoms with Gasteiger partial charge in [0.05, 0.1) is 6.07 Å². The molecule has 1 saturated carbocycles. The second-order valence-electron chi connectivity index (χ2n) is 5.49. The van der Waals surface area contributed by atoms with Crippen LogP contribution in [0.4, 0.5) is 0 Å². The van der Waals surface area contributed by atoms with E-state index in [1.165, 1.54) is 4.90 Å². The normalized spacial score (nSPS) is 24.2. The van der Waals surface area contributed by atoms with Crippen LogP contribution in [0.15, 0.2) is 35.2 Å². The molecule has 1 aromatic rings. The van der Waals surface area contributed by atoms with Gasteiger partial charge in [-0.2, -0.15) is 5.26 Å². The van der Waals surface area contributed by atoms with Crippen LogP contribution in [0, 0.1) is 16.7 Å². The summed E-state index contributed by atoms with van der Waals surface area (Å²) in [5.41, 5.74) is 0.399. The molecule has 2 aliphatic rings. The Morgan fingerprint density at radius 2 is 1.78 bits per heavy atom. The van der Waals surface area contributed by atoms with Gasteiger partial charge < -0.3 is 4.74 Å². The van der Waals surface area contributed by atoms with Gasteiger partial charge in [-0.05, 0) is 43.2 Å². The lowest BCUT2D eigenvalue weighted by Crippen LogP contribution is -2.51. The second kappa shape index (κ2) is 4.60. The number of benzene rings is 1. The summed E-state index contributed by atoms with van der Waals surface area (Å²) in [6.45, 7) is 1.75. The first-order valence-corrected chi connectivity index (χ1v) is 7.31. The van der Waals surface area contributed by atoms with Gasteiger partial charge in [-0.15, -0.1) is 11.8 Å². The smallest absolute Gasteiger partial charge is 0.108 e. The minimum Gasteiger partial charge on any atom is -0.381 e. The minimum atomic E-state index is -0.196. The number of hydrogen-bond acceptors (Lipinski definition) is 3. The predicted molar refractivity (Wildman–Crippen MR) is 72.4 cm³/mol. The molecule has 94 valence electrons. The summed E-state index contributed by atoms with van der Waals surface area (Å²) in [4.78, 5) is 1.21. The van der Waals surface area contributed by atoms with Crippen LogP contribution in [0.3, 0.4) is 0 Å². The molecular weight excluding hydrogens is 242 g/mol. The minimum absolute atomic E-state index is 0.196. The Morgan fingerprint density at radius 3 is 2.39 bits per heavy atom. The van der Waals surface area contributed by atoms with Gasteiger partial charge in [0.25, 0.3) is 0 Å². The molecule has 1 saturated heterocycles. The summed E-state index contributed by atoms with van der Waals surface area (Å²) in [7, 11) is 0. The van der Waals surface area contributed by atoms with E-state index in [1.54, 1.807) is 11.8 Å². The Bertz CT molecular complexity index is 451. The van der Waals surface area contributed by atoms with Crippen molar-refractivity contribution in [1.82, 2.24) is 0 Å². The van der Waals surface area contributed by atoms with E-state index in [9.17, 15) is 5.26 Å². The van der Waals surface area contributed by atoms with Crippen molar-refractivity contribution in [1.29, 1.82) is 5.26 Å². The summed E-state index contributed by atoms with van der Waals surface area (Å²) in [5, 5.41) is 9.51. The van der Waals surface area contributed by atoms with E-state index in [-0.39, 0.29) is 4.75 Å². The SMILES string of the molecule is N#CC1(Sc2ccccc2)CC2(CCOCC2)C1. The number of ether oxygens (including phenoxy) is 1. The van der Waals surface area contributed by atoms with Gasteiger partial charge in [0.15, 0.2) is 0 Å². The van der Waals surface area contributed by atoms with E-state index in [2.05, 4.69) is 18.2 Å². The van der Waals surface area contributed by atoms with Gasteiger partial charge in [0, 0.05) is 18.1 Å². The van der Waals surface area contributed by atoms with Gasteiger partial charge in [-0.25, -0.2) is 0 Å². The lowest BCUT2D eigenvalue weighted by Gasteiger charge is -2.54. The van der Waals surface area contributed by atoms with Gasteiger partial charge >= 0.3 is 0 Å². The fourth-order valence-corrected chi connectivity index (χ4v) is 4.75. The Hall–Kier alpha value is -0.980. The van der Waals surface area contributed by atoms with Gasteiger partial charge in [0.2, 0.25) is 0 Å². The highest BCUT2D eigenvalue weighted by Gasteiger charge is 2.55. The zero-order chi connectivity index (χ0) is 12.5. The Balaban J connectivity index is 1.70. The first kappa shape index (κ1) is 12.1. The highest BCUT2D eigenvalue weighted by molar-refractivity contribution is 8.01. The topological polar surface area (TPSA) is 33.0 Å². The molecule has 2 nitrogen and oxygen atoms in total. The largest absolute Gasteiger partial charge is 0.381 e. The molecule has 0 radical (unpaired) electrons. The van der Waals surface area contributed by atoms with Crippen LogP contribution in [0.5, 0.6) is 0 Å². The quantitative estimate of drug-likeness (QED) is 0.813. The number of nitrogens with zero attached hydrogens (tertiary/aromatic N) is 1. The molecule has 1 aliphatic carbocycles. The molecule has 0 atom stereocenters. The summed E-state index contributed by atoms with van der Waals surface area (Å²) in [5.74, 6) is 0. The summed E-state index contributed by atoms with van der Waals surface area (Å²) in [6.07, 6.45) is 4.32. The third-order valence-corrected chi connectivity index (χ3v) is 5.41. The van der Waals surface area contributed by atoms with Crippen molar-refractivity contribution in [2.45, 2.75) is 35.3 Å². The molecule has 0 N–H and O–H groups in total. The van der Waals surface area contributed by atoms with E-state index in [0.29, 0.717) is 5.41 Å². The zero-order valence-corrected chi connectivity index (χ0v) is 11.2. The molecular formula is C15H17NOS. The van der Waals surface area contributed by atoms with Crippen molar-refractivity contribution in [3.63, 3.8) is 0 Å². The maximum Gasteiger partial charge on any atom is 0.108 e. The first-order chi connectivity index (χ1) is 8.76. The van der Waals surface area contributed by atoms with Crippen LogP contribution in [0.1, 0.15) is 25.7 Å². The van der Waals surface area contributed by atoms with E-state index < -0.39 is 0 Å². The molecule has 18 heavy (non-hydrogen) atoms. The molecule has 0 unspecified atom stereocenters. The van der Waals surface area contributed by atoms with Crippen LogP contribution >= 0.6 is 11.8 Å². The predicted octanol–water partition coefficient (Wildman–Crippen LogP) is 3.63. The van der Waals surface area contributed by atoms with Crippen molar-refractivity contribution in [3.05, 3.63) is 30.3 Å². The van der Waals surface area contributed by atoms with Crippen molar-refractivity contribution < 1.29 is 4.74 Å². The van der Waals surface area contributed by atoms with Crippen molar-refractivity contribution in [2.24, 2.45) is 5.41 Å². The lowest BCUT2D eigenvalue weighted by molar-refractivity contribution is -0.0364. The Morgan fingerprint density at radius 1 is 1.11 bits per heavy atom. The van der Waals surface area contributed by atoms with Crippen molar-refractivity contribution in [3.8, 4) is 6.07 Å². The zero-order valence-electron chi connectivity index (χ0n) is 10.4. The van der Waals surface area contributed by atoms with E-state index in [4.69, 9.17) is 4.74 Å². The average molecular weight is 259 g/mol. The van der Waals surface area contributed by atoms with Crippen molar-refractivity contribution in [2.75, 3.05) is 13.2 Å². The van der Waals surface area contributed by atoms with Crippen LogP contribution in [0.25, 0.3) is 0 Å². The van der Waals surface area contributed by atoms with E-state index >= 15 is 0 Å². The monoisotopic (exact) mass is 259 g/mol. The Kier molecular flexibility index (Phi) is 3.09. The molecule has 0 bridgehead atoms. The molecule has 1 aliphatic heterocycles. The van der Waals surface area contributed by atoms with Crippen LogP contribution < -0.4 is 0 Å². The fraction of sp³-hybridized carbons (Fsp3) is 0.533. The van der Waals surface area contributed by atoms with Crippen LogP contribution in [-0.2, 0) is 4.74 Å². The average Bonchev–Trinajstić information content (AvgIpc) is 2.39. The highest BCUT2D eigenvalue weighted by atomic mass is 32.2. The molecule has 0 amide bonds. The maximum absolute atomic E-state index is 9.51. The summed E-state index contributed by atoms with van der Waals surface area (Å²) in [6, 6.07) is 12.8. The highest BCUT2D eigenvalue weighted by Crippen LogP contribution is 2.61.